The monoisotopic (exact) mass is 285 g/mol. The molecule has 1 unspecified atom stereocenters. The third kappa shape index (κ3) is 2.62. The van der Waals surface area contributed by atoms with E-state index in [1.807, 2.05) is 6.07 Å². The Morgan fingerprint density at radius 1 is 1.44 bits per heavy atom. The Morgan fingerprint density at radius 2 is 2.22 bits per heavy atom. The highest BCUT2D eigenvalue weighted by Gasteiger charge is 2.16. The molecule has 2 aromatic heterocycles. The van der Waals surface area contributed by atoms with Crippen LogP contribution in [0.4, 0.5) is 0 Å². The molecule has 0 aliphatic carbocycles. The van der Waals surface area contributed by atoms with E-state index in [1.54, 1.807) is 6.20 Å². The number of fused-ring (bicyclic) bond motifs is 1. The van der Waals surface area contributed by atoms with Gasteiger partial charge in [0.2, 0.25) is 0 Å². The Kier molecular flexibility index (Phi) is 4.46. The number of aromatic nitrogens is 3. The van der Waals surface area contributed by atoms with E-state index in [0.717, 1.165) is 23.4 Å². The van der Waals surface area contributed by atoms with Gasteiger partial charge in [-0.1, -0.05) is 31.4 Å². The first-order valence-corrected chi connectivity index (χ1v) is 7.17. The van der Waals surface area contributed by atoms with E-state index < -0.39 is 0 Å². The van der Waals surface area contributed by atoms with E-state index in [1.165, 1.54) is 12.8 Å². The number of unbranched alkanes of at least 4 members (excludes halogenated alkanes) is 1. The first-order chi connectivity index (χ1) is 8.67. The molecule has 0 aliphatic heterocycles. The SMILES string of the molecule is CCCCC(C)n1c(CCl)nc2cc(Cl)cnc21. The van der Waals surface area contributed by atoms with Crippen molar-refractivity contribution in [1.29, 1.82) is 0 Å². The molecule has 0 saturated heterocycles. The molecule has 0 radical (unpaired) electrons. The number of imidazole rings is 1. The standard InChI is InChI=1S/C13H17Cl2N3/c1-3-4-5-9(2)18-12(7-14)17-11-6-10(15)8-16-13(11)18/h6,8-9H,3-5,7H2,1-2H3. The van der Waals surface area contributed by atoms with Crippen LogP contribution in [-0.4, -0.2) is 14.5 Å². The molecule has 0 N–H and O–H groups in total. The van der Waals surface area contributed by atoms with Crippen LogP contribution in [0.3, 0.4) is 0 Å². The number of halogens is 2. The van der Waals surface area contributed by atoms with Gasteiger partial charge in [-0.15, -0.1) is 11.6 Å². The topological polar surface area (TPSA) is 30.7 Å². The molecule has 0 fully saturated rings. The number of rotatable bonds is 5. The van der Waals surface area contributed by atoms with Crippen LogP contribution in [-0.2, 0) is 5.88 Å². The van der Waals surface area contributed by atoms with Crippen molar-refractivity contribution in [2.24, 2.45) is 0 Å². The number of pyridine rings is 1. The Balaban J connectivity index is 2.46. The second-order valence-corrected chi connectivity index (χ2v) is 5.22. The van der Waals surface area contributed by atoms with Crippen LogP contribution in [0.1, 0.15) is 45.0 Å². The fourth-order valence-electron chi connectivity index (χ4n) is 2.19. The fourth-order valence-corrected chi connectivity index (χ4v) is 2.53. The minimum Gasteiger partial charge on any atom is -0.309 e. The summed E-state index contributed by atoms with van der Waals surface area (Å²) in [6, 6.07) is 2.19. The predicted octanol–water partition coefficient (Wildman–Crippen LogP) is 4.57. The molecule has 2 rings (SSSR count). The maximum Gasteiger partial charge on any atom is 0.160 e. The summed E-state index contributed by atoms with van der Waals surface area (Å²) in [4.78, 5) is 8.89. The molecule has 0 bridgehead atoms. The van der Waals surface area contributed by atoms with Gasteiger partial charge in [0.05, 0.1) is 10.9 Å². The van der Waals surface area contributed by atoms with Crippen LogP contribution >= 0.6 is 23.2 Å². The van der Waals surface area contributed by atoms with Crippen molar-refractivity contribution in [3.63, 3.8) is 0 Å². The Hall–Kier alpha value is -0.800. The zero-order valence-electron chi connectivity index (χ0n) is 10.7. The van der Waals surface area contributed by atoms with Gasteiger partial charge in [-0.3, -0.25) is 0 Å². The van der Waals surface area contributed by atoms with Gasteiger partial charge < -0.3 is 4.57 Å². The fraction of sp³-hybridized carbons (Fsp3) is 0.538. The van der Waals surface area contributed by atoms with Gasteiger partial charge in [-0.2, -0.15) is 0 Å². The van der Waals surface area contributed by atoms with Gasteiger partial charge in [0.1, 0.15) is 11.3 Å². The van der Waals surface area contributed by atoms with Crippen LogP contribution < -0.4 is 0 Å². The molecular weight excluding hydrogens is 269 g/mol. The summed E-state index contributed by atoms with van der Waals surface area (Å²) >= 11 is 11.9. The first kappa shape index (κ1) is 13.6. The summed E-state index contributed by atoms with van der Waals surface area (Å²) in [5.41, 5.74) is 1.69. The van der Waals surface area contributed by atoms with Gasteiger partial charge in [0, 0.05) is 12.2 Å². The first-order valence-electron chi connectivity index (χ1n) is 6.25. The van der Waals surface area contributed by atoms with Gasteiger partial charge >= 0.3 is 0 Å². The predicted molar refractivity (Wildman–Crippen MR) is 76.3 cm³/mol. The van der Waals surface area contributed by atoms with Gasteiger partial charge in [-0.25, -0.2) is 9.97 Å². The molecule has 5 heteroatoms. The Labute approximate surface area is 117 Å². The summed E-state index contributed by atoms with van der Waals surface area (Å²) in [5, 5.41) is 0.606. The third-order valence-electron chi connectivity index (χ3n) is 3.11. The lowest BCUT2D eigenvalue weighted by Gasteiger charge is -2.15. The molecule has 1 atom stereocenters. The van der Waals surface area contributed by atoms with E-state index in [9.17, 15) is 0 Å². The molecule has 98 valence electrons. The second kappa shape index (κ2) is 5.89. The van der Waals surface area contributed by atoms with Crippen molar-refractivity contribution < 1.29 is 0 Å². The van der Waals surface area contributed by atoms with Crippen molar-refractivity contribution in [2.45, 2.75) is 45.0 Å². The number of nitrogens with zero attached hydrogens (tertiary/aromatic N) is 3. The third-order valence-corrected chi connectivity index (χ3v) is 3.55. The van der Waals surface area contributed by atoms with Crippen molar-refractivity contribution in [1.82, 2.24) is 14.5 Å². The summed E-state index contributed by atoms with van der Waals surface area (Å²) in [6.45, 7) is 4.38. The highest BCUT2D eigenvalue weighted by molar-refractivity contribution is 6.31. The largest absolute Gasteiger partial charge is 0.309 e. The van der Waals surface area contributed by atoms with Crippen molar-refractivity contribution >= 4 is 34.4 Å². The van der Waals surface area contributed by atoms with E-state index in [0.29, 0.717) is 16.9 Å². The molecule has 0 aromatic carbocycles. The molecule has 2 aromatic rings. The molecule has 18 heavy (non-hydrogen) atoms. The quantitative estimate of drug-likeness (QED) is 0.753. The van der Waals surface area contributed by atoms with E-state index in [-0.39, 0.29) is 0 Å². The molecule has 0 amide bonds. The molecule has 0 aliphatic rings. The highest BCUT2D eigenvalue weighted by Crippen LogP contribution is 2.25. The molecule has 0 spiro atoms. The summed E-state index contributed by atoms with van der Waals surface area (Å²) < 4.78 is 2.13. The minimum atomic E-state index is 0.359. The summed E-state index contributed by atoms with van der Waals surface area (Å²) in [7, 11) is 0. The number of hydrogen-bond acceptors (Lipinski definition) is 2. The lowest BCUT2D eigenvalue weighted by molar-refractivity contribution is 0.483. The van der Waals surface area contributed by atoms with Crippen LogP contribution in [0, 0.1) is 0 Å². The van der Waals surface area contributed by atoms with E-state index in [2.05, 4.69) is 28.4 Å². The molecule has 2 heterocycles. The highest BCUT2D eigenvalue weighted by atomic mass is 35.5. The zero-order valence-corrected chi connectivity index (χ0v) is 12.2. The van der Waals surface area contributed by atoms with Crippen LogP contribution in [0.2, 0.25) is 5.02 Å². The minimum absolute atomic E-state index is 0.359. The van der Waals surface area contributed by atoms with Gasteiger partial charge in [0.15, 0.2) is 5.65 Å². The van der Waals surface area contributed by atoms with Crippen LogP contribution in [0.25, 0.3) is 11.2 Å². The lowest BCUT2D eigenvalue weighted by Crippen LogP contribution is -2.09. The van der Waals surface area contributed by atoms with Crippen LogP contribution in [0.5, 0.6) is 0 Å². The maximum absolute atomic E-state index is 5.98. The molecule has 0 saturated carbocycles. The average molecular weight is 286 g/mol. The van der Waals surface area contributed by atoms with Crippen molar-refractivity contribution in [2.75, 3.05) is 0 Å². The normalized spacial score (nSPS) is 13.1. The molecule has 3 nitrogen and oxygen atoms in total. The Bertz CT molecular complexity index is 536. The smallest absolute Gasteiger partial charge is 0.160 e. The number of hydrogen-bond donors (Lipinski definition) is 0. The second-order valence-electron chi connectivity index (χ2n) is 4.52. The van der Waals surface area contributed by atoms with Crippen molar-refractivity contribution in [3.8, 4) is 0 Å². The van der Waals surface area contributed by atoms with Gasteiger partial charge in [-0.05, 0) is 19.4 Å². The molecular formula is C13H17Cl2N3. The Morgan fingerprint density at radius 3 is 2.89 bits per heavy atom. The summed E-state index contributed by atoms with van der Waals surface area (Å²) in [5.74, 6) is 1.26. The van der Waals surface area contributed by atoms with Crippen molar-refractivity contribution in [3.05, 3.63) is 23.1 Å². The summed E-state index contributed by atoms with van der Waals surface area (Å²) in [6.07, 6.45) is 5.14. The number of alkyl halides is 1. The maximum atomic E-state index is 5.98. The zero-order chi connectivity index (χ0) is 13.1. The van der Waals surface area contributed by atoms with Crippen LogP contribution in [0.15, 0.2) is 12.3 Å². The van der Waals surface area contributed by atoms with Gasteiger partial charge in [0.25, 0.3) is 0 Å². The van der Waals surface area contributed by atoms with E-state index >= 15 is 0 Å². The lowest BCUT2D eigenvalue weighted by atomic mass is 10.1. The van der Waals surface area contributed by atoms with E-state index in [4.69, 9.17) is 23.2 Å². The average Bonchev–Trinajstić information content (AvgIpc) is 2.73.